The number of ether oxygens (including phenoxy) is 1. The molecule has 1 N–H and O–H groups in total. The van der Waals surface area contributed by atoms with Crippen LogP contribution in [0, 0.1) is 0 Å². The molecule has 0 bridgehead atoms. The maximum atomic E-state index is 10.9. The second-order valence-electron chi connectivity index (χ2n) is 3.75. The van der Waals surface area contributed by atoms with Crippen LogP contribution < -0.4 is 10.1 Å². The Morgan fingerprint density at radius 3 is 2.47 bits per heavy atom. The summed E-state index contributed by atoms with van der Waals surface area (Å²) in [5.74, 6) is 0.257. The molecule has 0 fully saturated rings. The Hall–Kier alpha value is -0.900. The number of carbonyl (C=O) groups excluding carboxylic acids is 1. The lowest BCUT2D eigenvalue weighted by molar-refractivity contribution is -0.116. The van der Waals surface area contributed by atoms with Crippen LogP contribution in [0.5, 0.6) is 5.75 Å². The average molecular weight is 323 g/mol. The predicted octanol–water partition coefficient (Wildman–Crippen LogP) is 4.11. The molecule has 0 radical (unpaired) electrons. The quantitative estimate of drug-likeness (QED) is 0.606. The molecule has 1 aromatic carbocycles. The number of unbranched alkanes of at least 4 members (excludes halogenated alkanes) is 1. The number of benzene rings is 1. The molecule has 0 unspecified atom stereocenters. The first kappa shape index (κ1) is 16.2. The molecule has 3 nitrogen and oxygen atoms in total. The van der Waals surface area contributed by atoms with Crippen molar-refractivity contribution in [1.82, 2.24) is 5.32 Å². The molecular formula is C13H14Cl3NO2. The summed E-state index contributed by atoms with van der Waals surface area (Å²) in [5.41, 5.74) is 0. The molecule has 0 heterocycles. The van der Waals surface area contributed by atoms with Crippen molar-refractivity contribution in [2.45, 2.75) is 12.8 Å². The molecule has 0 aromatic heterocycles. The Kier molecular flexibility index (Phi) is 7.06. The highest BCUT2D eigenvalue weighted by molar-refractivity contribution is 6.40. The van der Waals surface area contributed by atoms with Gasteiger partial charge >= 0.3 is 0 Å². The summed E-state index contributed by atoms with van der Waals surface area (Å²) < 4.78 is 5.50. The molecule has 1 rings (SSSR count). The van der Waals surface area contributed by atoms with E-state index in [1.165, 1.54) is 6.08 Å². The molecule has 0 atom stereocenters. The van der Waals surface area contributed by atoms with E-state index in [9.17, 15) is 4.79 Å². The molecule has 0 aliphatic rings. The highest BCUT2D eigenvalue weighted by Gasteiger charge is 2.08. The molecule has 0 aliphatic heterocycles. The summed E-state index contributed by atoms with van der Waals surface area (Å²) in [4.78, 5) is 10.9. The van der Waals surface area contributed by atoms with Crippen molar-refractivity contribution < 1.29 is 9.53 Å². The topological polar surface area (TPSA) is 38.3 Å². The van der Waals surface area contributed by atoms with Crippen LogP contribution in [0.25, 0.3) is 0 Å². The van der Waals surface area contributed by atoms with Crippen LogP contribution in [-0.4, -0.2) is 19.1 Å². The van der Waals surface area contributed by atoms with Crippen molar-refractivity contribution in [3.8, 4) is 5.75 Å². The summed E-state index contributed by atoms with van der Waals surface area (Å²) in [6.07, 6.45) is 2.80. The van der Waals surface area contributed by atoms with Gasteiger partial charge in [0.1, 0.15) is 0 Å². The fourth-order valence-electron chi connectivity index (χ4n) is 1.35. The summed E-state index contributed by atoms with van der Waals surface area (Å²) in [6, 6.07) is 3.16. The van der Waals surface area contributed by atoms with Gasteiger partial charge in [-0.1, -0.05) is 41.4 Å². The molecule has 0 spiro atoms. The Morgan fingerprint density at radius 1 is 1.26 bits per heavy atom. The third kappa shape index (κ3) is 5.72. The summed E-state index contributed by atoms with van der Waals surface area (Å²) in [7, 11) is 0. The molecule has 0 saturated heterocycles. The van der Waals surface area contributed by atoms with Crippen LogP contribution in [0.3, 0.4) is 0 Å². The zero-order chi connectivity index (χ0) is 14.3. The zero-order valence-electron chi connectivity index (χ0n) is 10.2. The molecule has 104 valence electrons. The van der Waals surface area contributed by atoms with Crippen molar-refractivity contribution in [2.75, 3.05) is 13.2 Å². The van der Waals surface area contributed by atoms with Crippen LogP contribution in [0.1, 0.15) is 12.8 Å². The maximum absolute atomic E-state index is 10.9. The lowest BCUT2D eigenvalue weighted by Gasteiger charge is -2.10. The third-order valence-corrected chi connectivity index (χ3v) is 3.04. The van der Waals surface area contributed by atoms with E-state index in [1.54, 1.807) is 12.1 Å². The van der Waals surface area contributed by atoms with E-state index >= 15 is 0 Å². The van der Waals surface area contributed by atoms with Gasteiger partial charge in [-0.05, 0) is 31.1 Å². The molecule has 1 aromatic rings. The first-order chi connectivity index (χ1) is 9.04. The first-order valence-electron chi connectivity index (χ1n) is 5.72. The van der Waals surface area contributed by atoms with Gasteiger partial charge in [-0.2, -0.15) is 0 Å². The van der Waals surface area contributed by atoms with Gasteiger partial charge in [-0.25, -0.2) is 0 Å². The normalized spacial score (nSPS) is 10.1. The number of halogens is 3. The smallest absolute Gasteiger partial charge is 0.243 e. The molecule has 6 heteroatoms. The lowest BCUT2D eigenvalue weighted by Crippen LogP contribution is -2.22. The number of carbonyl (C=O) groups is 1. The van der Waals surface area contributed by atoms with E-state index in [2.05, 4.69) is 11.9 Å². The van der Waals surface area contributed by atoms with Crippen LogP contribution in [0.4, 0.5) is 0 Å². The van der Waals surface area contributed by atoms with Gasteiger partial charge < -0.3 is 10.1 Å². The summed E-state index contributed by atoms with van der Waals surface area (Å²) in [6.45, 7) is 4.41. The van der Waals surface area contributed by atoms with Crippen LogP contribution in [0.15, 0.2) is 24.8 Å². The van der Waals surface area contributed by atoms with Gasteiger partial charge in [-0.3, -0.25) is 4.79 Å². The van der Waals surface area contributed by atoms with Gasteiger partial charge in [0.05, 0.1) is 16.7 Å². The molecule has 0 saturated carbocycles. The van der Waals surface area contributed by atoms with Crippen LogP contribution in [0.2, 0.25) is 15.1 Å². The number of rotatable bonds is 7. The monoisotopic (exact) mass is 321 g/mol. The van der Waals surface area contributed by atoms with Crippen molar-refractivity contribution in [3.63, 3.8) is 0 Å². The van der Waals surface area contributed by atoms with Gasteiger partial charge in [0.2, 0.25) is 5.91 Å². The van der Waals surface area contributed by atoms with E-state index in [0.717, 1.165) is 12.8 Å². The van der Waals surface area contributed by atoms with Crippen molar-refractivity contribution >= 4 is 40.7 Å². The van der Waals surface area contributed by atoms with Crippen molar-refractivity contribution in [1.29, 1.82) is 0 Å². The Labute approximate surface area is 127 Å². The van der Waals surface area contributed by atoms with E-state index in [4.69, 9.17) is 39.5 Å². The SMILES string of the molecule is C=CC(=O)NCCCCOc1c(Cl)cc(Cl)cc1Cl. The Balaban J connectivity index is 2.30. The van der Waals surface area contributed by atoms with E-state index < -0.39 is 0 Å². The summed E-state index contributed by atoms with van der Waals surface area (Å²) >= 11 is 17.7. The standard InChI is InChI=1S/C13H14Cl3NO2/c1-2-12(18)17-5-3-4-6-19-13-10(15)7-9(14)8-11(13)16/h2,7-8H,1,3-6H2,(H,17,18). The fourth-order valence-corrected chi connectivity index (χ4v) is 2.28. The van der Waals surface area contributed by atoms with Crippen LogP contribution in [-0.2, 0) is 4.79 Å². The zero-order valence-corrected chi connectivity index (χ0v) is 12.5. The van der Waals surface area contributed by atoms with Gasteiger partial charge in [0, 0.05) is 11.6 Å². The minimum Gasteiger partial charge on any atom is -0.490 e. The van der Waals surface area contributed by atoms with E-state index in [0.29, 0.717) is 34.0 Å². The fraction of sp³-hybridized carbons (Fsp3) is 0.308. The molecular weight excluding hydrogens is 309 g/mol. The molecule has 19 heavy (non-hydrogen) atoms. The minimum atomic E-state index is -0.176. The van der Waals surface area contributed by atoms with Gasteiger partial charge in [-0.15, -0.1) is 0 Å². The largest absolute Gasteiger partial charge is 0.490 e. The van der Waals surface area contributed by atoms with Gasteiger partial charge in [0.15, 0.2) is 5.75 Å². The first-order valence-corrected chi connectivity index (χ1v) is 6.85. The average Bonchev–Trinajstić information content (AvgIpc) is 2.35. The lowest BCUT2D eigenvalue weighted by atomic mass is 10.3. The number of hydrogen-bond acceptors (Lipinski definition) is 2. The number of nitrogens with one attached hydrogen (secondary N) is 1. The van der Waals surface area contributed by atoms with Gasteiger partial charge in [0.25, 0.3) is 0 Å². The number of hydrogen-bond donors (Lipinski definition) is 1. The predicted molar refractivity (Wildman–Crippen MR) is 79.4 cm³/mol. The van der Waals surface area contributed by atoms with Crippen molar-refractivity contribution in [3.05, 3.63) is 39.9 Å². The molecule has 0 aliphatic carbocycles. The van der Waals surface area contributed by atoms with Crippen LogP contribution >= 0.6 is 34.8 Å². The highest BCUT2D eigenvalue weighted by Crippen LogP contribution is 2.35. The third-order valence-electron chi connectivity index (χ3n) is 2.27. The van der Waals surface area contributed by atoms with E-state index in [-0.39, 0.29) is 5.91 Å². The second kappa shape index (κ2) is 8.31. The summed E-state index contributed by atoms with van der Waals surface area (Å²) in [5, 5.41) is 3.92. The molecule has 1 amide bonds. The minimum absolute atomic E-state index is 0.176. The maximum Gasteiger partial charge on any atom is 0.243 e. The number of amides is 1. The Bertz CT molecular complexity index is 440. The van der Waals surface area contributed by atoms with E-state index in [1.807, 2.05) is 0 Å². The highest BCUT2D eigenvalue weighted by atomic mass is 35.5. The Morgan fingerprint density at radius 2 is 1.89 bits per heavy atom. The second-order valence-corrected chi connectivity index (χ2v) is 5.00. The van der Waals surface area contributed by atoms with Crippen molar-refractivity contribution in [2.24, 2.45) is 0 Å².